The Labute approximate surface area is 114 Å². The van der Waals surface area contributed by atoms with Gasteiger partial charge in [-0.3, -0.25) is 0 Å². The fraction of sp³-hybridized carbons (Fsp3) is 0. The number of aromatic hydroxyl groups is 1. The zero-order valence-electron chi connectivity index (χ0n) is 9.24. The molecular formula is C14H9Cl2NO. The van der Waals surface area contributed by atoms with Gasteiger partial charge in [-0.25, -0.2) is 0 Å². The van der Waals surface area contributed by atoms with Gasteiger partial charge in [0.2, 0.25) is 0 Å². The maximum Gasteiger partial charge on any atom is 0.124 e. The molecule has 0 saturated carbocycles. The van der Waals surface area contributed by atoms with E-state index in [9.17, 15) is 5.11 Å². The van der Waals surface area contributed by atoms with Crippen LogP contribution in [0.3, 0.4) is 0 Å². The zero-order valence-corrected chi connectivity index (χ0v) is 10.8. The Bertz CT molecular complexity index is 734. The molecule has 90 valence electrons. The predicted molar refractivity (Wildman–Crippen MR) is 75.4 cm³/mol. The summed E-state index contributed by atoms with van der Waals surface area (Å²) in [5.41, 5.74) is 2.37. The van der Waals surface area contributed by atoms with Crippen molar-refractivity contribution in [1.82, 2.24) is 4.98 Å². The molecule has 0 aliphatic rings. The molecule has 0 atom stereocenters. The monoisotopic (exact) mass is 277 g/mol. The standard InChI is InChI=1S/C14H9Cl2NO/c15-8-1-2-11(16)10(7-8)14-9-5-6-17-12(9)3-4-13(14)18/h1-7,17-18H. The summed E-state index contributed by atoms with van der Waals surface area (Å²) in [5.74, 6) is 0.186. The van der Waals surface area contributed by atoms with Crippen LogP contribution in [-0.4, -0.2) is 10.1 Å². The van der Waals surface area contributed by atoms with Crippen molar-refractivity contribution in [2.75, 3.05) is 0 Å². The van der Waals surface area contributed by atoms with Crippen molar-refractivity contribution in [3.05, 3.63) is 52.6 Å². The van der Waals surface area contributed by atoms with Gasteiger partial charge in [0.1, 0.15) is 5.75 Å². The van der Waals surface area contributed by atoms with Gasteiger partial charge in [-0.05, 0) is 36.4 Å². The molecule has 0 saturated heterocycles. The summed E-state index contributed by atoms with van der Waals surface area (Å²) in [6.07, 6.45) is 1.83. The van der Waals surface area contributed by atoms with E-state index in [-0.39, 0.29) is 5.75 Å². The molecule has 3 rings (SSSR count). The molecule has 1 heterocycles. The minimum atomic E-state index is 0.186. The molecule has 2 N–H and O–H groups in total. The quantitative estimate of drug-likeness (QED) is 0.656. The SMILES string of the molecule is Oc1ccc2[nH]ccc2c1-c1cc(Cl)ccc1Cl. The number of nitrogens with one attached hydrogen (secondary N) is 1. The third kappa shape index (κ3) is 1.74. The minimum absolute atomic E-state index is 0.186. The maximum absolute atomic E-state index is 10.1. The van der Waals surface area contributed by atoms with E-state index in [2.05, 4.69) is 4.98 Å². The summed E-state index contributed by atoms with van der Waals surface area (Å²) in [4.78, 5) is 3.10. The Morgan fingerprint density at radius 2 is 1.83 bits per heavy atom. The van der Waals surface area contributed by atoms with Gasteiger partial charge in [0, 0.05) is 38.3 Å². The summed E-state index contributed by atoms with van der Waals surface area (Å²) in [6, 6.07) is 10.6. The van der Waals surface area contributed by atoms with Crippen LogP contribution in [0.2, 0.25) is 10.0 Å². The number of aromatic nitrogens is 1. The first-order chi connectivity index (χ1) is 8.66. The summed E-state index contributed by atoms with van der Waals surface area (Å²) < 4.78 is 0. The molecule has 0 aliphatic carbocycles. The van der Waals surface area contributed by atoms with Crippen LogP contribution in [0.25, 0.3) is 22.0 Å². The molecule has 1 aromatic heterocycles. The second-order valence-corrected chi connectivity index (χ2v) is 4.87. The first-order valence-corrected chi connectivity index (χ1v) is 6.17. The number of hydrogen-bond acceptors (Lipinski definition) is 1. The lowest BCUT2D eigenvalue weighted by molar-refractivity contribution is 0.478. The predicted octanol–water partition coefficient (Wildman–Crippen LogP) is 4.85. The van der Waals surface area contributed by atoms with Crippen molar-refractivity contribution in [2.24, 2.45) is 0 Å². The Morgan fingerprint density at radius 3 is 2.67 bits per heavy atom. The third-order valence-corrected chi connectivity index (χ3v) is 3.47. The van der Waals surface area contributed by atoms with Gasteiger partial charge in [0.25, 0.3) is 0 Å². The number of benzene rings is 2. The number of phenols is 1. The first kappa shape index (κ1) is 11.5. The average molecular weight is 278 g/mol. The van der Waals surface area contributed by atoms with Gasteiger partial charge in [0.05, 0.1) is 0 Å². The van der Waals surface area contributed by atoms with E-state index in [0.29, 0.717) is 15.6 Å². The lowest BCUT2D eigenvalue weighted by Gasteiger charge is -2.09. The molecule has 0 radical (unpaired) electrons. The van der Waals surface area contributed by atoms with Crippen LogP contribution in [0, 0.1) is 0 Å². The zero-order chi connectivity index (χ0) is 12.7. The fourth-order valence-corrected chi connectivity index (χ4v) is 2.48. The molecule has 0 bridgehead atoms. The molecule has 2 nitrogen and oxygen atoms in total. The Kier molecular flexibility index (Phi) is 2.69. The smallest absolute Gasteiger partial charge is 0.124 e. The number of phenolic OH excluding ortho intramolecular Hbond substituents is 1. The molecule has 2 aromatic carbocycles. The summed E-state index contributed by atoms with van der Waals surface area (Å²) >= 11 is 12.2. The van der Waals surface area contributed by atoms with E-state index in [1.54, 1.807) is 24.3 Å². The minimum Gasteiger partial charge on any atom is -0.507 e. The van der Waals surface area contributed by atoms with E-state index >= 15 is 0 Å². The van der Waals surface area contributed by atoms with Gasteiger partial charge < -0.3 is 10.1 Å². The highest BCUT2D eigenvalue weighted by Crippen LogP contribution is 2.40. The lowest BCUT2D eigenvalue weighted by Crippen LogP contribution is -1.83. The number of aromatic amines is 1. The van der Waals surface area contributed by atoms with E-state index in [1.807, 2.05) is 18.3 Å². The summed E-state index contributed by atoms with van der Waals surface area (Å²) in [5, 5.41) is 12.1. The van der Waals surface area contributed by atoms with Crippen molar-refractivity contribution in [3.8, 4) is 16.9 Å². The average Bonchev–Trinajstić information content (AvgIpc) is 2.81. The van der Waals surface area contributed by atoms with Crippen molar-refractivity contribution in [1.29, 1.82) is 0 Å². The number of halogens is 2. The Balaban J connectivity index is 2.40. The molecule has 0 aliphatic heterocycles. The van der Waals surface area contributed by atoms with Gasteiger partial charge in [-0.2, -0.15) is 0 Å². The van der Waals surface area contributed by atoms with E-state index in [4.69, 9.17) is 23.2 Å². The first-order valence-electron chi connectivity index (χ1n) is 5.41. The molecule has 4 heteroatoms. The molecule has 0 unspecified atom stereocenters. The summed E-state index contributed by atoms with van der Waals surface area (Å²) in [6.45, 7) is 0. The largest absolute Gasteiger partial charge is 0.507 e. The van der Waals surface area contributed by atoms with Gasteiger partial charge in [0.15, 0.2) is 0 Å². The van der Waals surface area contributed by atoms with Crippen LogP contribution >= 0.6 is 23.2 Å². The molecule has 0 fully saturated rings. The van der Waals surface area contributed by atoms with Gasteiger partial charge >= 0.3 is 0 Å². The highest BCUT2D eigenvalue weighted by atomic mass is 35.5. The third-order valence-electron chi connectivity index (χ3n) is 2.91. The number of rotatable bonds is 1. The molecular weight excluding hydrogens is 269 g/mol. The van der Waals surface area contributed by atoms with Crippen molar-refractivity contribution < 1.29 is 5.11 Å². The summed E-state index contributed by atoms with van der Waals surface area (Å²) in [7, 11) is 0. The highest BCUT2D eigenvalue weighted by molar-refractivity contribution is 6.35. The van der Waals surface area contributed by atoms with Crippen LogP contribution in [0.15, 0.2) is 42.6 Å². The molecule has 3 aromatic rings. The van der Waals surface area contributed by atoms with Crippen LogP contribution in [0.5, 0.6) is 5.75 Å². The number of fused-ring (bicyclic) bond motifs is 1. The van der Waals surface area contributed by atoms with Crippen molar-refractivity contribution >= 4 is 34.1 Å². The highest BCUT2D eigenvalue weighted by Gasteiger charge is 2.13. The fourth-order valence-electron chi connectivity index (χ4n) is 2.09. The normalized spacial score (nSPS) is 11.0. The van der Waals surface area contributed by atoms with Gasteiger partial charge in [-0.15, -0.1) is 0 Å². The van der Waals surface area contributed by atoms with Gasteiger partial charge in [-0.1, -0.05) is 23.2 Å². The van der Waals surface area contributed by atoms with Crippen molar-refractivity contribution in [2.45, 2.75) is 0 Å². The maximum atomic E-state index is 10.1. The van der Waals surface area contributed by atoms with E-state index in [1.165, 1.54) is 0 Å². The topological polar surface area (TPSA) is 36.0 Å². The molecule has 0 amide bonds. The van der Waals surface area contributed by atoms with Crippen LogP contribution in [0.4, 0.5) is 0 Å². The number of H-pyrrole nitrogens is 1. The van der Waals surface area contributed by atoms with E-state index in [0.717, 1.165) is 16.5 Å². The van der Waals surface area contributed by atoms with Crippen LogP contribution < -0.4 is 0 Å². The van der Waals surface area contributed by atoms with Crippen LogP contribution in [-0.2, 0) is 0 Å². The second kappa shape index (κ2) is 4.23. The molecule has 0 spiro atoms. The van der Waals surface area contributed by atoms with E-state index < -0.39 is 0 Å². The van der Waals surface area contributed by atoms with Crippen molar-refractivity contribution in [3.63, 3.8) is 0 Å². The Hall–Kier alpha value is -1.64. The Morgan fingerprint density at radius 1 is 1.00 bits per heavy atom. The molecule has 18 heavy (non-hydrogen) atoms. The van der Waals surface area contributed by atoms with Crippen LogP contribution in [0.1, 0.15) is 0 Å². The number of hydrogen-bond donors (Lipinski definition) is 2. The lowest BCUT2D eigenvalue weighted by atomic mass is 10.0. The second-order valence-electron chi connectivity index (χ2n) is 4.02.